The minimum Gasteiger partial charge on any atom is -0.387 e. The Bertz CT molecular complexity index is 322. The Morgan fingerprint density at radius 2 is 2.12 bits per heavy atom. The first kappa shape index (κ1) is 12.5. The van der Waals surface area contributed by atoms with Crippen molar-refractivity contribution >= 4 is 0 Å². The quantitative estimate of drug-likeness (QED) is 0.735. The summed E-state index contributed by atoms with van der Waals surface area (Å²) in [7, 11) is 0. The molecule has 0 radical (unpaired) electrons. The highest BCUT2D eigenvalue weighted by atomic mass is 16.5. The number of benzene rings is 1. The maximum Gasteiger partial charge on any atom is 0.0971 e. The second kappa shape index (κ2) is 7.68. The van der Waals surface area contributed by atoms with Crippen LogP contribution >= 0.6 is 0 Å². The maximum absolute atomic E-state index is 9.47. The molecule has 0 saturated heterocycles. The van der Waals surface area contributed by atoms with Crippen molar-refractivity contribution < 1.29 is 9.84 Å². The van der Waals surface area contributed by atoms with Crippen LogP contribution in [0.25, 0.3) is 0 Å². The molecule has 3 nitrogen and oxygen atoms in total. The van der Waals surface area contributed by atoms with E-state index in [1.54, 1.807) is 12.3 Å². The van der Waals surface area contributed by atoms with E-state index in [0.29, 0.717) is 6.61 Å². The fourth-order valence-electron chi connectivity index (χ4n) is 1.16. The van der Waals surface area contributed by atoms with Crippen LogP contribution < -0.4 is 5.32 Å². The largest absolute Gasteiger partial charge is 0.387 e. The minimum atomic E-state index is -0.601. The molecule has 0 saturated carbocycles. The zero-order chi connectivity index (χ0) is 11.6. The molecule has 1 aromatic rings. The zero-order valence-corrected chi connectivity index (χ0v) is 9.17. The number of hydrogen-bond acceptors (Lipinski definition) is 3. The predicted octanol–water partition coefficient (Wildman–Crippen LogP) is 1.81. The molecule has 86 valence electrons. The van der Waals surface area contributed by atoms with Gasteiger partial charge < -0.3 is 15.2 Å². The Labute approximate surface area is 96.1 Å². The van der Waals surface area contributed by atoms with Gasteiger partial charge in [0.15, 0.2) is 0 Å². The molecule has 0 bridgehead atoms. The topological polar surface area (TPSA) is 41.5 Å². The molecular formula is C13H17NO2. The van der Waals surface area contributed by atoms with Crippen LogP contribution in [0.15, 0.2) is 55.4 Å². The fourth-order valence-corrected chi connectivity index (χ4v) is 1.16. The van der Waals surface area contributed by atoms with E-state index in [4.69, 9.17) is 4.74 Å². The van der Waals surface area contributed by atoms with Crippen molar-refractivity contribution in [3.8, 4) is 0 Å². The van der Waals surface area contributed by atoms with Crippen LogP contribution in [0.2, 0.25) is 0 Å². The lowest BCUT2D eigenvalue weighted by Gasteiger charge is -2.07. The summed E-state index contributed by atoms with van der Waals surface area (Å²) in [4.78, 5) is 0. The lowest BCUT2D eigenvalue weighted by atomic mass is 10.2. The van der Waals surface area contributed by atoms with Gasteiger partial charge in [0.1, 0.15) is 0 Å². The number of ether oxygens (including phenoxy) is 1. The van der Waals surface area contributed by atoms with Crippen LogP contribution in [0.3, 0.4) is 0 Å². The number of aliphatic hydroxyl groups excluding tert-OH is 1. The van der Waals surface area contributed by atoms with Crippen molar-refractivity contribution in [2.45, 2.75) is 12.7 Å². The lowest BCUT2D eigenvalue weighted by molar-refractivity contribution is 0.0502. The van der Waals surface area contributed by atoms with Crippen LogP contribution in [0, 0.1) is 0 Å². The van der Waals surface area contributed by atoms with Gasteiger partial charge in [-0.25, -0.2) is 0 Å². The molecule has 0 amide bonds. The van der Waals surface area contributed by atoms with E-state index >= 15 is 0 Å². The number of aliphatic hydroxyl groups is 1. The highest BCUT2D eigenvalue weighted by Gasteiger charge is 1.98. The molecule has 1 rings (SSSR count). The molecule has 0 aliphatic carbocycles. The molecule has 1 unspecified atom stereocenters. The molecule has 0 fully saturated rings. The molecule has 0 aromatic heterocycles. The van der Waals surface area contributed by atoms with Crippen molar-refractivity contribution in [2.75, 3.05) is 6.61 Å². The van der Waals surface area contributed by atoms with Gasteiger partial charge in [0.25, 0.3) is 0 Å². The first-order chi connectivity index (χ1) is 7.83. The summed E-state index contributed by atoms with van der Waals surface area (Å²) in [5.41, 5.74) is 1.10. The third kappa shape index (κ3) is 5.34. The Morgan fingerprint density at radius 3 is 2.81 bits per heavy atom. The molecule has 1 atom stereocenters. The molecule has 0 aliphatic heterocycles. The van der Waals surface area contributed by atoms with Crippen molar-refractivity contribution in [2.24, 2.45) is 0 Å². The first-order valence-electron chi connectivity index (χ1n) is 5.16. The van der Waals surface area contributed by atoms with E-state index in [2.05, 4.69) is 11.9 Å². The van der Waals surface area contributed by atoms with Gasteiger partial charge in [0, 0.05) is 0 Å². The third-order valence-electron chi connectivity index (χ3n) is 1.93. The molecule has 0 heterocycles. The molecule has 0 aliphatic rings. The summed E-state index contributed by atoms with van der Waals surface area (Å²) in [6, 6.07) is 9.86. The standard InChI is InChI=1S/C13H17NO2/c1-2-14-9-8-13(15)11-16-10-12-6-4-3-5-7-12/h2-9,13-15H,1,10-11H2/b9-8-. The third-order valence-corrected chi connectivity index (χ3v) is 1.93. The van der Waals surface area contributed by atoms with E-state index in [1.807, 2.05) is 30.3 Å². The molecule has 16 heavy (non-hydrogen) atoms. The monoisotopic (exact) mass is 219 g/mol. The van der Waals surface area contributed by atoms with Gasteiger partial charge in [-0.1, -0.05) is 36.9 Å². The van der Waals surface area contributed by atoms with Crippen molar-refractivity contribution in [3.05, 3.63) is 61.0 Å². The predicted molar refractivity (Wildman–Crippen MR) is 64.6 cm³/mol. The van der Waals surface area contributed by atoms with Gasteiger partial charge in [0.2, 0.25) is 0 Å². The molecule has 2 N–H and O–H groups in total. The van der Waals surface area contributed by atoms with E-state index in [0.717, 1.165) is 5.56 Å². The van der Waals surface area contributed by atoms with Crippen LogP contribution in [0.4, 0.5) is 0 Å². The van der Waals surface area contributed by atoms with Crippen LogP contribution in [-0.2, 0) is 11.3 Å². The van der Waals surface area contributed by atoms with Crippen molar-refractivity contribution in [1.82, 2.24) is 5.32 Å². The molecular weight excluding hydrogens is 202 g/mol. The smallest absolute Gasteiger partial charge is 0.0971 e. The Balaban J connectivity index is 2.18. The van der Waals surface area contributed by atoms with E-state index in [9.17, 15) is 5.11 Å². The Hall–Kier alpha value is -1.58. The zero-order valence-electron chi connectivity index (χ0n) is 9.17. The molecule has 1 aromatic carbocycles. The normalized spacial score (nSPS) is 12.6. The number of nitrogens with one attached hydrogen (secondary N) is 1. The summed E-state index contributed by atoms with van der Waals surface area (Å²) in [5.74, 6) is 0. The van der Waals surface area contributed by atoms with Gasteiger partial charge in [-0.3, -0.25) is 0 Å². The summed E-state index contributed by atoms with van der Waals surface area (Å²) >= 11 is 0. The van der Waals surface area contributed by atoms with Crippen molar-refractivity contribution in [3.63, 3.8) is 0 Å². The number of rotatable bonds is 7. The van der Waals surface area contributed by atoms with E-state index in [-0.39, 0.29) is 6.61 Å². The second-order valence-electron chi connectivity index (χ2n) is 3.30. The van der Waals surface area contributed by atoms with Gasteiger partial charge >= 0.3 is 0 Å². The molecule has 3 heteroatoms. The average molecular weight is 219 g/mol. The van der Waals surface area contributed by atoms with Crippen molar-refractivity contribution in [1.29, 1.82) is 0 Å². The summed E-state index contributed by atoms with van der Waals surface area (Å²) in [6.07, 6.45) is 4.18. The first-order valence-corrected chi connectivity index (χ1v) is 5.16. The summed E-state index contributed by atoms with van der Waals surface area (Å²) in [5, 5.41) is 12.2. The van der Waals surface area contributed by atoms with Gasteiger partial charge in [-0.05, 0) is 24.0 Å². The summed E-state index contributed by atoms with van der Waals surface area (Å²) < 4.78 is 5.36. The van der Waals surface area contributed by atoms with Crippen LogP contribution in [0.1, 0.15) is 5.56 Å². The Kier molecular flexibility index (Phi) is 5.99. The number of hydrogen-bond donors (Lipinski definition) is 2. The highest BCUT2D eigenvalue weighted by molar-refractivity contribution is 5.13. The summed E-state index contributed by atoms with van der Waals surface area (Å²) in [6.45, 7) is 4.28. The second-order valence-corrected chi connectivity index (χ2v) is 3.30. The van der Waals surface area contributed by atoms with Gasteiger partial charge in [-0.2, -0.15) is 0 Å². The van der Waals surface area contributed by atoms with Crippen LogP contribution in [0.5, 0.6) is 0 Å². The highest BCUT2D eigenvalue weighted by Crippen LogP contribution is 2.01. The van der Waals surface area contributed by atoms with E-state index < -0.39 is 6.10 Å². The van der Waals surface area contributed by atoms with E-state index in [1.165, 1.54) is 6.20 Å². The fraction of sp³-hybridized carbons (Fsp3) is 0.231. The van der Waals surface area contributed by atoms with Gasteiger partial charge in [-0.15, -0.1) is 0 Å². The lowest BCUT2D eigenvalue weighted by Crippen LogP contribution is -2.13. The maximum atomic E-state index is 9.47. The van der Waals surface area contributed by atoms with Crippen LogP contribution in [-0.4, -0.2) is 17.8 Å². The minimum absolute atomic E-state index is 0.282. The molecule has 0 spiro atoms. The van der Waals surface area contributed by atoms with Gasteiger partial charge in [0.05, 0.1) is 19.3 Å². The Morgan fingerprint density at radius 1 is 1.38 bits per heavy atom. The average Bonchev–Trinajstić information content (AvgIpc) is 2.31. The SMILES string of the molecule is C=CN/C=C\C(O)COCc1ccccc1.